The summed E-state index contributed by atoms with van der Waals surface area (Å²) in [6.07, 6.45) is 1.64. The van der Waals surface area contributed by atoms with Gasteiger partial charge in [0.15, 0.2) is 5.69 Å². The summed E-state index contributed by atoms with van der Waals surface area (Å²) < 4.78 is 7.10. The second kappa shape index (κ2) is 8.39. The van der Waals surface area contributed by atoms with Gasteiger partial charge in [0.2, 0.25) is 0 Å². The quantitative estimate of drug-likeness (QED) is 0.861. The molecule has 8 nitrogen and oxygen atoms in total. The van der Waals surface area contributed by atoms with Crippen LogP contribution in [-0.2, 0) is 11.8 Å². The molecule has 0 atom stereocenters. The number of carbonyl (C=O) groups is 2. The Labute approximate surface area is 159 Å². The average molecular weight is 373 g/mol. The van der Waals surface area contributed by atoms with E-state index in [1.54, 1.807) is 23.7 Å². The van der Waals surface area contributed by atoms with E-state index in [1.165, 1.54) is 0 Å². The van der Waals surface area contributed by atoms with E-state index < -0.39 is 0 Å². The number of hydrogen-bond donors (Lipinski definition) is 1. The first-order chi connectivity index (χ1) is 13.0. The van der Waals surface area contributed by atoms with Crippen LogP contribution in [0, 0.1) is 0 Å². The number of para-hydroxylation sites is 1. The zero-order valence-corrected chi connectivity index (χ0v) is 16.1. The number of aryl methyl sites for hydroxylation is 1. The number of urea groups is 1. The molecule has 1 aliphatic rings. The first kappa shape index (κ1) is 19.2. The molecule has 3 amide bonds. The number of ether oxygens (including phenoxy) is 1. The minimum Gasteiger partial charge on any atom is -0.381 e. The van der Waals surface area contributed by atoms with Gasteiger partial charge in [-0.05, 0) is 18.9 Å². The van der Waals surface area contributed by atoms with Crippen LogP contribution in [0.3, 0.4) is 0 Å². The molecule has 1 aromatic carbocycles. The predicted molar refractivity (Wildman–Crippen MR) is 103 cm³/mol. The van der Waals surface area contributed by atoms with Gasteiger partial charge in [-0.3, -0.25) is 9.48 Å². The number of aromatic nitrogens is 2. The van der Waals surface area contributed by atoms with E-state index in [0.717, 1.165) is 23.7 Å². The largest absolute Gasteiger partial charge is 0.381 e. The van der Waals surface area contributed by atoms with Crippen LogP contribution in [-0.4, -0.2) is 78.0 Å². The highest BCUT2D eigenvalue weighted by atomic mass is 16.5. The van der Waals surface area contributed by atoms with Crippen molar-refractivity contribution in [3.8, 4) is 0 Å². The molecule has 0 bridgehead atoms. The van der Waals surface area contributed by atoms with Crippen molar-refractivity contribution in [2.75, 3.05) is 40.4 Å². The molecule has 1 saturated heterocycles. The van der Waals surface area contributed by atoms with Crippen LogP contribution in [0.4, 0.5) is 4.79 Å². The zero-order valence-electron chi connectivity index (χ0n) is 16.1. The van der Waals surface area contributed by atoms with Crippen LogP contribution in [0.25, 0.3) is 10.9 Å². The van der Waals surface area contributed by atoms with Crippen LogP contribution < -0.4 is 5.32 Å². The second-order valence-corrected chi connectivity index (χ2v) is 6.96. The lowest BCUT2D eigenvalue weighted by Gasteiger charge is -2.36. The number of nitrogens with zero attached hydrogens (tertiary/aromatic N) is 4. The summed E-state index contributed by atoms with van der Waals surface area (Å²) in [6, 6.07) is 7.73. The highest BCUT2D eigenvalue weighted by molar-refractivity contribution is 6.04. The summed E-state index contributed by atoms with van der Waals surface area (Å²) in [4.78, 5) is 28.6. The van der Waals surface area contributed by atoms with Gasteiger partial charge in [0.25, 0.3) is 5.91 Å². The van der Waals surface area contributed by atoms with E-state index >= 15 is 0 Å². The van der Waals surface area contributed by atoms with Crippen molar-refractivity contribution in [3.05, 3.63) is 30.0 Å². The van der Waals surface area contributed by atoms with Crippen LogP contribution in [0.5, 0.6) is 0 Å². The van der Waals surface area contributed by atoms with E-state index in [1.807, 2.05) is 36.2 Å². The van der Waals surface area contributed by atoms with Crippen LogP contribution >= 0.6 is 0 Å². The molecule has 1 fully saturated rings. The average Bonchev–Trinajstić information content (AvgIpc) is 3.02. The van der Waals surface area contributed by atoms with Gasteiger partial charge in [-0.15, -0.1) is 0 Å². The Morgan fingerprint density at radius 1 is 1.26 bits per heavy atom. The van der Waals surface area contributed by atoms with Gasteiger partial charge in [-0.25, -0.2) is 4.79 Å². The van der Waals surface area contributed by atoms with Crippen molar-refractivity contribution in [2.45, 2.75) is 18.9 Å². The van der Waals surface area contributed by atoms with Gasteiger partial charge in [-0.2, -0.15) is 5.10 Å². The normalized spacial score (nSPS) is 14.9. The Morgan fingerprint density at radius 3 is 2.67 bits per heavy atom. The molecule has 0 radical (unpaired) electrons. The third-order valence-electron chi connectivity index (χ3n) is 4.87. The van der Waals surface area contributed by atoms with E-state index in [9.17, 15) is 9.59 Å². The minimum atomic E-state index is -0.226. The van der Waals surface area contributed by atoms with Gasteiger partial charge in [0, 0.05) is 58.9 Å². The standard InChI is InChI=1S/C19H27N5O3/c1-22(2)19(26)24(14-8-12-27-13-9-14)11-10-20-18(25)17-15-6-4-5-7-16(15)23(3)21-17/h4-7,14H,8-13H2,1-3H3,(H,20,25). The van der Waals surface area contributed by atoms with E-state index in [4.69, 9.17) is 4.74 Å². The van der Waals surface area contributed by atoms with Crippen LogP contribution in [0.15, 0.2) is 24.3 Å². The molecule has 8 heteroatoms. The summed E-state index contributed by atoms with van der Waals surface area (Å²) in [5, 5.41) is 8.07. The van der Waals surface area contributed by atoms with E-state index in [0.29, 0.717) is 32.0 Å². The zero-order chi connectivity index (χ0) is 19.4. The first-order valence-electron chi connectivity index (χ1n) is 9.24. The molecular weight excluding hydrogens is 346 g/mol. The SMILES string of the molecule is CN(C)C(=O)N(CCNC(=O)c1nn(C)c2ccccc12)C1CCOCC1. The van der Waals surface area contributed by atoms with Crippen molar-refractivity contribution in [3.63, 3.8) is 0 Å². The highest BCUT2D eigenvalue weighted by Gasteiger charge is 2.27. The summed E-state index contributed by atoms with van der Waals surface area (Å²) in [5.74, 6) is -0.226. The lowest BCUT2D eigenvalue weighted by atomic mass is 10.1. The Kier molecular flexibility index (Phi) is 5.95. The van der Waals surface area contributed by atoms with Crippen LogP contribution in [0.2, 0.25) is 0 Å². The van der Waals surface area contributed by atoms with Gasteiger partial charge in [0.1, 0.15) is 0 Å². The van der Waals surface area contributed by atoms with Crippen molar-refractivity contribution in [1.82, 2.24) is 24.9 Å². The second-order valence-electron chi connectivity index (χ2n) is 6.96. The molecule has 0 spiro atoms. The molecule has 0 saturated carbocycles. The minimum absolute atomic E-state index is 0.0422. The topological polar surface area (TPSA) is 79.7 Å². The lowest BCUT2D eigenvalue weighted by Crippen LogP contribution is -2.50. The molecule has 0 unspecified atom stereocenters. The molecule has 2 aromatic rings. The van der Waals surface area contributed by atoms with E-state index in [-0.39, 0.29) is 18.0 Å². The third kappa shape index (κ3) is 4.21. The van der Waals surface area contributed by atoms with E-state index in [2.05, 4.69) is 10.4 Å². The van der Waals surface area contributed by atoms with Gasteiger partial charge in [0.05, 0.1) is 5.52 Å². The molecule has 1 aromatic heterocycles. The summed E-state index contributed by atoms with van der Waals surface area (Å²) >= 11 is 0. The summed E-state index contributed by atoms with van der Waals surface area (Å²) in [7, 11) is 5.31. The smallest absolute Gasteiger partial charge is 0.319 e. The summed E-state index contributed by atoms with van der Waals surface area (Å²) in [5.41, 5.74) is 1.32. The number of benzene rings is 1. The van der Waals surface area contributed by atoms with Gasteiger partial charge >= 0.3 is 6.03 Å². The molecule has 146 valence electrons. The number of fused-ring (bicyclic) bond motifs is 1. The molecule has 1 N–H and O–H groups in total. The number of hydrogen-bond acceptors (Lipinski definition) is 4. The maximum absolute atomic E-state index is 12.6. The Hall–Kier alpha value is -2.61. The number of rotatable bonds is 5. The number of nitrogens with one attached hydrogen (secondary N) is 1. The van der Waals surface area contributed by atoms with Crippen molar-refractivity contribution in [1.29, 1.82) is 0 Å². The molecule has 0 aliphatic carbocycles. The Bertz CT molecular complexity index is 811. The fraction of sp³-hybridized carbons (Fsp3) is 0.526. The van der Waals surface area contributed by atoms with Crippen LogP contribution in [0.1, 0.15) is 23.3 Å². The molecule has 3 rings (SSSR count). The fourth-order valence-electron chi connectivity index (χ4n) is 3.44. The molecule has 2 heterocycles. The van der Waals surface area contributed by atoms with Crippen molar-refractivity contribution in [2.24, 2.45) is 7.05 Å². The van der Waals surface area contributed by atoms with Crippen molar-refractivity contribution >= 4 is 22.8 Å². The lowest BCUT2D eigenvalue weighted by molar-refractivity contribution is 0.0415. The number of carbonyl (C=O) groups excluding carboxylic acids is 2. The first-order valence-corrected chi connectivity index (χ1v) is 9.24. The Morgan fingerprint density at radius 2 is 1.96 bits per heavy atom. The molecule has 1 aliphatic heterocycles. The number of amides is 3. The fourth-order valence-corrected chi connectivity index (χ4v) is 3.44. The predicted octanol–water partition coefficient (Wildman–Crippen LogP) is 1.47. The highest BCUT2D eigenvalue weighted by Crippen LogP contribution is 2.18. The van der Waals surface area contributed by atoms with Gasteiger partial charge in [-0.1, -0.05) is 18.2 Å². The monoisotopic (exact) mass is 373 g/mol. The third-order valence-corrected chi connectivity index (χ3v) is 4.87. The maximum atomic E-state index is 12.6. The van der Waals surface area contributed by atoms with Gasteiger partial charge < -0.3 is 19.9 Å². The Balaban J connectivity index is 1.65. The summed E-state index contributed by atoms with van der Waals surface area (Å²) in [6.45, 7) is 2.15. The maximum Gasteiger partial charge on any atom is 0.319 e. The van der Waals surface area contributed by atoms with Crippen molar-refractivity contribution < 1.29 is 14.3 Å². The molecule has 27 heavy (non-hydrogen) atoms. The molecular formula is C19H27N5O3.